The molecule has 0 aliphatic carbocycles. The Kier molecular flexibility index (Phi) is 5.00. The molecule has 8 nitrogen and oxygen atoms in total. The summed E-state index contributed by atoms with van der Waals surface area (Å²) < 4.78 is 33.2. The number of ether oxygens (including phenoxy) is 1. The van der Waals surface area contributed by atoms with E-state index in [1.54, 1.807) is 6.07 Å². The Morgan fingerprint density at radius 2 is 1.96 bits per heavy atom. The summed E-state index contributed by atoms with van der Waals surface area (Å²) in [5, 5.41) is 20.3. The third kappa shape index (κ3) is 3.72. The molecule has 1 atom stereocenters. The molecule has 0 unspecified atom stereocenters. The first kappa shape index (κ1) is 18.7. The quantitative estimate of drug-likeness (QED) is 0.749. The van der Waals surface area contributed by atoms with Gasteiger partial charge < -0.3 is 19.2 Å². The van der Waals surface area contributed by atoms with E-state index in [-0.39, 0.29) is 18.9 Å². The normalized spacial score (nSPS) is 19.5. The van der Waals surface area contributed by atoms with Gasteiger partial charge in [-0.2, -0.15) is 0 Å². The number of halogens is 1. The minimum absolute atomic E-state index is 0.00402. The number of hydrogen-bond acceptors (Lipinski definition) is 7. The van der Waals surface area contributed by atoms with Crippen molar-refractivity contribution in [1.82, 2.24) is 20.2 Å². The first-order valence-corrected chi connectivity index (χ1v) is 8.35. The van der Waals surface area contributed by atoms with Crippen LogP contribution in [0.1, 0.15) is 27.7 Å². The smallest absolute Gasteiger partial charge is 0.483 e. The lowest BCUT2D eigenvalue weighted by Gasteiger charge is -2.32. The molecule has 1 aliphatic heterocycles. The van der Waals surface area contributed by atoms with Gasteiger partial charge in [0.25, 0.3) is 0 Å². The van der Waals surface area contributed by atoms with Crippen LogP contribution < -0.4 is 10.2 Å². The molecule has 2 heterocycles. The second-order valence-electron chi connectivity index (χ2n) is 7.23. The summed E-state index contributed by atoms with van der Waals surface area (Å²) >= 11 is 0. The van der Waals surface area contributed by atoms with Crippen LogP contribution in [0, 0.1) is 5.82 Å². The van der Waals surface area contributed by atoms with E-state index in [9.17, 15) is 9.50 Å². The van der Waals surface area contributed by atoms with E-state index < -0.39 is 30.2 Å². The number of nitrogens with zero attached hydrogens (tertiary/aromatic N) is 4. The van der Waals surface area contributed by atoms with Crippen LogP contribution in [0.4, 0.5) is 4.39 Å². The summed E-state index contributed by atoms with van der Waals surface area (Å²) in [4.78, 5) is 0. The van der Waals surface area contributed by atoms with Crippen LogP contribution in [-0.4, -0.2) is 56.3 Å². The first-order chi connectivity index (χ1) is 12.2. The molecule has 1 aliphatic rings. The van der Waals surface area contributed by atoms with Crippen molar-refractivity contribution in [3.63, 3.8) is 0 Å². The molecule has 26 heavy (non-hydrogen) atoms. The molecule has 1 N–H and O–H groups in total. The van der Waals surface area contributed by atoms with Gasteiger partial charge >= 0.3 is 7.12 Å². The van der Waals surface area contributed by atoms with Gasteiger partial charge in [0, 0.05) is 0 Å². The van der Waals surface area contributed by atoms with Crippen LogP contribution in [0.3, 0.4) is 0 Å². The lowest BCUT2D eigenvalue weighted by molar-refractivity contribution is 0.00578. The Morgan fingerprint density at radius 3 is 2.54 bits per heavy atom. The Balaban J connectivity index is 1.77. The molecule has 1 saturated heterocycles. The molecule has 1 fully saturated rings. The largest absolute Gasteiger partial charge is 0.494 e. The standard InChI is InChI=1S/C16H22BFN4O4/c1-15(2)16(3,4)26-17(25-15)11-5-6-13(18)14(7-11)24-12(9-23)8-22-10-19-20-21-22/h5-7,10,12,23H,8-9H2,1-4H3/t12-/m1/s1. The van der Waals surface area contributed by atoms with E-state index in [1.807, 2.05) is 27.7 Å². The predicted molar refractivity (Wildman–Crippen MR) is 91.4 cm³/mol. The Hall–Kier alpha value is -2.04. The molecule has 0 amide bonds. The number of aliphatic hydroxyl groups is 1. The summed E-state index contributed by atoms with van der Waals surface area (Å²) in [6.45, 7) is 7.65. The van der Waals surface area contributed by atoms with E-state index >= 15 is 0 Å². The second kappa shape index (κ2) is 6.94. The monoisotopic (exact) mass is 364 g/mol. The highest BCUT2D eigenvalue weighted by Crippen LogP contribution is 2.36. The fraction of sp³-hybridized carbons (Fsp3) is 0.562. The maximum absolute atomic E-state index is 14.2. The summed E-state index contributed by atoms with van der Waals surface area (Å²) in [6.07, 6.45) is 0.685. The molecule has 0 bridgehead atoms. The van der Waals surface area contributed by atoms with Crippen LogP contribution in [-0.2, 0) is 15.9 Å². The topological polar surface area (TPSA) is 91.5 Å². The first-order valence-electron chi connectivity index (χ1n) is 8.35. The Labute approximate surface area is 151 Å². The molecule has 0 spiro atoms. The van der Waals surface area contributed by atoms with Gasteiger partial charge in [0.1, 0.15) is 12.4 Å². The van der Waals surface area contributed by atoms with Gasteiger partial charge in [-0.1, -0.05) is 6.07 Å². The molecule has 140 valence electrons. The lowest BCUT2D eigenvalue weighted by atomic mass is 9.79. The average Bonchev–Trinajstić information content (AvgIpc) is 3.14. The van der Waals surface area contributed by atoms with Crippen molar-refractivity contribution in [2.24, 2.45) is 0 Å². The van der Waals surface area contributed by atoms with Gasteiger partial charge in [-0.15, -0.1) is 5.10 Å². The van der Waals surface area contributed by atoms with Crippen LogP contribution >= 0.6 is 0 Å². The van der Waals surface area contributed by atoms with Crippen LogP contribution in [0.25, 0.3) is 0 Å². The molecule has 1 aromatic carbocycles. The molecular formula is C16H22BFN4O4. The molecule has 0 saturated carbocycles. The zero-order valence-corrected chi connectivity index (χ0v) is 15.2. The zero-order chi connectivity index (χ0) is 18.9. The molecule has 2 aromatic rings. The Bertz CT molecular complexity index is 741. The van der Waals surface area contributed by atoms with E-state index in [0.717, 1.165) is 0 Å². The number of rotatable bonds is 6. The molecule has 1 aromatic heterocycles. The van der Waals surface area contributed by atoms with Gasteiger partial charge in [-0.25, -0.2) is 9.07 Å². The highest BCUT2D eigenvalue weighted by Gasteiger charge is 2.51. The third-order valence-corrected chi connectivity index (χ3v) is 4.76. The van der Waals surface area contributed by atoms with Crippen LogP contribution in [0.2, 0.25) is 0 Å². The average molecular weight is 364 g/mol. The van der Waals surface area contributed by atoms with Crippen molar-refractivity contribution < 1.29 is 23.5 Å². The lowest BCUT2D eigenvalue weighted by Crippen LogP contribution is -2.41. The Morgan fingerprint density at radius 1 is 1.27 bits per heavy atom. The molecular weight excluding hydrogens is 342 g/mol. The maximum atomic E-state index is 14.2. The highest BCUT2D eigenvalue weighted by atomic mass is 19.1. The number of aliphatic hydroxyl groups excluding tert-OH is 1. The van der Waals surface area contributed by atoms with Crippen molar-refractivity contribution in [2.45, 2.75) is 51.5 Å². The summed E-state index contributed by atoms with van der Waals surface area (Å²) in [7, 11) is -0.630. The van der Waals surface area contributed by atoms with E-state index in [1.165, 1.54) is 23.1 Å². The van der Waals surface area contributed by atoms with E-state index in [4.69, 9.17) is 14.0 Å². The third-order valence-electron chi connectivity index (χ3n) is 4.76. The van der Waals surface area contributed by atoms with Crippen molar-refractivity contribution in [1.29, 1.82) is 0 Å². The van der Waals surface area contributed by atoms with Crippen molar-refractivity contribution in [3.05, 3.63) is 30.3 Å². The number of benzene rings is 1. The van der Waals surface area contributed by atoms with Crippen LogP contribution in [0.5, 0.6) is 5.75 Å². The van der Waals surface area contributed by atoms with Crippen molar-refractivity contribution >= 4 is 12.6 Å². The number of aromatic nitrogens is 4. The number of tetrazole rings is 1. The maximum Gasteiger partial charge on any atom is 0.494 e. The second-order valence-corrected chi connectivity index (χ2v) is 7.23. The van der Waals surface area contributed by atoms with Gasteiger partial charge in [0.05, 0.1) is 24.4 Å². The SMILES string of the molecule is CC1(C)OB(c2ccc(F)c(O[C@@H](CO)Cn3cnnn3)c2)OC1(C)C. The summed E-state index contributed by atoms with van der Waals surface area (Å²) in [5.41, 5.74) is -0.360. The fourth-order valence-corrected chi connectivity index (χ4v) is 2.52. The van der Waals surface area contributed by atoms with Crippen molar-refractivity contribution in [3.8, 4) is 5.75 Å². The minimum Gasteiger partial charge on any atom is -0.483 e. The molecule has 0 radical (unpaired) electrons. The number of hydrogen-bond donors (Lipinski definition) is 1. The predicted octanol–water partition coefficient (Wildman–Crippen LogP) is 0.551. The highest BCUT2D eigenvalue weighted by molar-refractivity contribution is 6.62. The molecule has 10 heteroatoms. The van der Waals surface area contributed by atoms with Gasteiger partial charge in [-0.05, 0) is 55.7 Å². The molecule has 3 rings (SSSR count). The van der Waals surface area contributed by atoms with E-state index in [2.05, 4.69) is 15.5 Å². The minimum atomic E-state index is -0.707. The summed E-state index contributed by atoms with van der Waals surface area (Å²) in [5.74, 6) is -0.537. The fourth-order valence-electron chi connectivity index (χ4n) is 2.52. The van der Waals surface area contributed by atoms with Crippen LogP contribution in [0.15, 0.2) is 24.5 Å². The van der Waals surface area contributed by atoms with Crippen molar-refractivity contribution in [2.75, 3.05) is 6.61 Å². The van der Waals surface area contributed by atoms with Gasteiger partial charge in [-0.3, -0.25) is 0 Å². The zero-order valence-electron chi connectivity index (χ0n) is 15.2. The summed E-state index contributed by atoms with van der Waals surface area (Å²) in [6, 6.07) is 4.42. The van der Waals surface area contributed by atoms with E-state index in [0.29, 0.717) is 5.46 Å². The van der Waals surface area contributed by atoms with Gasteiger partial charge in [0.15, 0.2) is 11.6 Å². The van der Waals surface area contributed by atoms with Gasteiger partial charge in [0.2, 0.25) is 0 Å².